The van der Waals surface area contributed by atoms with Crippen LogP contribution < -0.4 is 5.32 Å². The quantitative estimate of drug-likeness (QED) is 0.857. The van der Waals surface area contributed by atoms with Crippen molar-refractivity contribution in [2.75, 3.05) is 13.6 Å². The summed E-state index contributed by atoms with van der Waals surface area (Å²) in [6, 6.07) is 4.06. The molecule has 4 nitrogen and oxygen atoms in total. The Hall–Kier alpha value is -1.49. The number of rotatable bonds is 3. The minimum atomic E-state index is -0.616. The molecule has 0 radical (unpaired) electrons. The van der Waals surface area contributed by atoms with Crippen LogP contribution in [0.3, 0.4) is 0 Å². The molecular formula is C15H20FN3O. The van der Waals surface area contributed by atoms with Crippen molar-refractivity contribution in [3.63, 3.8) is 0 Å². The van der Waals surface area contributed by atoms with E-state index in [0.717, 1.165) is 12.8 Å². The minimum Gasteiger partial charge on any atom is -0.352 e. The monoisotopic (exact) mass is 277 g/mol. The van der Waals surface area contributed by atoms with Gasteiger partial charge < -0.3 is 10.2 Å². The summed E-state index contributed by atoms with van der Waals surface area (Å²) in [6.07, 6.45) is 6.18. The van der Waals surface area contributed by atoms with Crippen LogP contribution in [0.5, 0.6) is 0 Å². The number of hydrogen-bond donors (Lipinski definition) is 1. The summed E-state index contributed by atoms with van der Waals surface area (Å²) < 4.78 is 13.0. The van der Waals surface area contributed by atoms with Gasteiger partial charge in [-0.25, -0.2) is 4.98 Å². The lowest BCUT2D eigenvalue weighted by atomic mass is 9.91. The summed E-state index contributed by atoms with van der Waals surface area (Å²) in [4.78, 5) is 17.9. The molecule has 5 heteroatoms. The van der Waals surface area contributed by atoms with Gasteiger partial charge in [0.25, 0.3) is 5.91 Å². The zero-order chi connectivity index (χ0) is 14.1. The second kappa shape index (κ2) is 5.48. The first-order valence-electron chi connectivity index (χ1n) is 7.25. The van der Waals surface area contributed by atoms with Gasteiger partial charge in [-0.2, -0.15) is 4.39 Å². The summed E-state index contributed by atoms with van der Waals surface area (Å²) in [5.41, 5.74) is 0.341. The maximum atomic E-state index is 13.0. The summed E-state index contributed by atoms with van der Waals surface area (Å²) in [6.45, 7) is 0.684. The van der Waals surface area contributed by atoms with E-state index in [2.05, 4.69) is 22.2 Å². The van der Waals surface area contributed by atoms with E-state index in [1.807, 2.05) is 0 Å². The molecule has 2 unspecified atom stereocenters. The normalized spacial score (nSPS) is 29.4. The number of hydrogen-bond acceptors (Lipinski definition) is 3. The van der Waals surface area contributed by atoms with Crippen LogP contribution >= 0.6 is 0 Å². The summed E-state index contributed by atoms with van der Waals surface area (Å²) in [5.74, 6) is -0.285. The topological polar surface area (TPSA) is 45.2 Å². The van der Waals surface area contributed by atoms with Crippen molar-refractivity contribution in [3.05, 3.63) is 29.8 Å². The molecule has 0 spiro atoms. The Kier molecular flexibility index (Phi) is 3.70. The van der Waals surface area contributed by atoms with Gasteiger partial charge >= 0.3 is 0 Å². The van der Waals surface area contributed by atoms with Crippen LogP contribution in [-0.4, -0.2) is 41.5 Å². The molecule has 1 aromatic heterocycles. The third kappa shape index (κ3) is 2.68. The Morgan fingerprint density at radius 1 is 1.45 bits per heavy atom. The van der Waals surface area contributed by atoms with Gasteiger partial charge in [0, 0.05) is 36.5 Å². The van der Waals surface area contributed by atoms with Crippen molar-refractivity contribution < 1.29 is 9.18 Å². The number of carbonyl (C=O) groups excluding carboxylic acids is 1. The first kappa shape index (κ1) is 13.5. The molecule has 0 saturated carbocycles. The number of fused-ring (bicyclic) bond motifs is 2. The third-order valence-corrected chi connectivity index (χ3v) is 4.74. The van der Waals surface area contributed by atoms with Gasteiger partial charge in [0.2, 0.25) is 5.95 Å². The van der Waals surface area contributed by atoms with Crippen LogP contribution in [0.4, 0.5) is 4.39 Å². The zero-order valence-corrected chi connectivity index (χ0v) is 11.7. The lowest BCUT2D eigenvalue weighted by Gasteiger charge is -2.36. The Morgan fingerprint density at radius 3 is 2.80 bits per heavy atom. The molecular weight excluding hydrogens is 257 g/mol. The molecule has 2 fully saturated rings. The molecule has 1 aromatic rings. The molecule has 2 bridgehead atoms. The summed E-state index contributed by atoms with van der Waals surface area (Å²) in [5, 5.41) is 2.93. The van der Waals surface area contributed by atoms with Crippen molar-refractivity contribution in [2.45, 2.75) is 37.8 Å². The minimum absolute atomic E-state index is 0.211. The van der Waals surface area contributed by atoms with Crippen LogP contribution in [0.2, 0.25) is 0 Å². The Balaban J connectivity index is 1.54. The summed E-state index contributed by atoms with van der Waals surface area (Å²) in [7, 11) is 2.21. The van der Waals surface area contributed by atoms with Crippen LogP contribution in [0.25, 0.3) is 0 Å². The van der Waals surface area contributed by atoms with Gasteiger partial charge in [-0.05, 0) is 44.7 Å². The third-order valence-electron chi connectivity index (χ3n) is 4.74. The Labute approximate surface area is 118 Å². The standard InChI is InChI=1S/C15H20FN3O/c1-19-12-2-3-13(19)7-10(6-12)9-18-15(20)11-4-5-17-14(16)8-11/h4-5,8,10,12-13H,2-3,6-7,9H2,1H3,(H,18,20). The molecule has 1 amide bonds. The van der Waals surface area contributed by atoms with Crippen LogP contribution in [0.15, 0.2) is 18.3 Å². The van der Waals surface area contributed by atoms with Crippen molar-refractivity contribution >= 4 is 5.91 Å². The van der Waals surface area contributed by atoms with E-state index in [0.29, 0.717) is 30.1 Å². The lowest BCUT2D eigenvalue weighted by molar-refractivity contribution is 0.0917. The van der Waals surface area contributed by atoms with E-state index in [9.17, 15) is 9.18 Å². The van der Waals surface area contributed by atoms with E-state index in [1.54, 1.807) is 0 Å². The van der Waals surface area contributed by atoms with Gasteiger partial charge in [-0.3, -0.25) is 4.79 Å². The predicted molar refractivity (Wildman–Crippen MR) is 73.8 cm³/mol. The van der Waals surface area contributed by atoms with E-state index >= 15 is 0 Å². The first-order chi connectivity index (χ1) is 9.63. The maximum absolute atomic E-state index is 13.0. The molecule has 108 valence electrons. The Morgan fingerprint density at radius 2 is 2.15 bits per heavy atom. The molecule has 20 heavy (non-hydrogen) atoms. The fourth-order valence-corrected chi connectivity index (χ4v) is 3.57. The number of carbonyl (C=O) groups is 1. The van der Waals surface area contributed by atoms with E-state index in [1.165, 1.54) is 31.2 Å². The molecule has 2 aliphatic heterocycles. The number of nitrogens with zero attached hydrogens (tertiary/aromatic N) is 2. The van der Waals surface area contributed by atoms with Crippen LogP contribution in [0.1, 0.15) is 36.0 Å². The van der Waals surface area contributed by atoms with Gasteiger partial charge in [0.1, 0.15) is 0 Å². The van der Waals surface area contributed by atoms with Crippen molar-refractivity contribution in [3.8, 4) is 0 Å². The average molecular weight is 277 g/mol. The fourth-order valence-electron chi connectivity index (χ4n) is 3.57. The maximum Gasteiger partial charge on any atom is 0.251 e. The lowest BCUT2D eigenvalue weighted by Crippen LogP contribution is -2.43. The average Bonchev–Trinajstić information content (AvgIpc) is 2.66. The van der Waals surface area contributed by atoms with Crippen molar-refractivity contribution in [1.82, 2.24) is 15.2 Å². The second-order valence-electron chi connectivity index (χ2n) is 5.97. The van der Waals surface area contributed by atoms with Gasteiger partial charge in [0.05, 0.1) is 0 Å². The molecule has 3 heterocycles. The molecule has 1 N–H and O–H groups in total. The number of amides is 1. The van der Waals surface area contributed by atoms with E-state index in [-0.39, 0.29) is 5.91 Å². The molecule has 0 aromatic carbocycles. The number of pyridine rings is 1. The summed E-state index contributed by atoms with van der Waals surface area (Å²) >= 11 is 0. The molecule has 3 rings (SSSR count). The zero-order valence-electron chi connectivity index (χ0n) is 11.7. The number of nitrogens with one attached hydrogen (secondary N) is 1. The number of piperidine rings is 1. The van der Waals surface area contributed by atoms with Gasteiger partial charge in [-0.1, -0.05) is 0 Å². The number of halogens is 1. The largest absolute Gasteiger partial charge is 0.352 e. The van der Waals surface area contributed by atoms with E-state index in [4.69, 9.17) is 0 Å². The van der Waals surface area contributed by atoms with Crippen molar-refractivity contribution in [1.29, 1.82) is 0 Å². The smallest absolute Gasteiger partial charge is 0.251 e. The highest BCUT2D eigenvalue weighted by molar-refractivity contribution is 5.93. The molecule has 2 aliphatic rings. The SMILES string of the molecule is CN1C2CCC1CC(CNC(=O)c1ccnc(F)c1)C2. The predicted octanol–water partition coefficient (Wildman–Crippen LogP) is 1.82. The van der Waals surface area contributed by atoms with Gasteiger partial charge in [0.15, 0.2) is 0 Å². The molecule has 2 atom stereocenters. The van der Waals surface area contributed by atoms with Gasteiger partial charge in [-0.15, -0.1) is 0 Å². The van der Waals surface area contributed by atoms with Crippen LogP contribution in [-0.2, 0) is 0 Å². The highest BCUT2D eigenvalue weighted by Crippen LogP contribution is 2.36. The second-order valence-corrected chi connectivity index (χ2v) is 5.97. The fraction of sp³-hybridized carbons (Fsp3) is 0.600. The highest BCUT2D eigenvalue weighted by atomic mass is 19.1. The number of aromatic nitrogens is 1. The highest BCUT2D eigenvalue weighted by Gasteiger charge is 2.38. The van der Waals surface area contributed by atoms with Crippen LogP contribution in [0, 0.1) is 11.9 Å². The molecule has 0 aliphatic carbocycles. The van der Waals surface area contributed by atoms with E-state index < -0.39 is 5.95 Å². The molecule has 2 saturated heterocycles. The first-order valence-corrected chi connectivity index (χ1v) is 7.25. The Bertz CT molecular complexity index is 494. The van der Waals surface area contributed by atoms with Crippen molar-refractivity contribution in [2.24, 2.45) is 5.92 Å².